The second kappa shape index (κ2) is 5.60. The molecule has 1 N–H and O–H groups in total. The summed E-state index contributed by atoms with van der Waals surface area (Å²) in [6.07, 6.45) is 1.09. The van der Waals surface area contributed by atoms with E-state index in [9.17, 15) is 0 Å². The van der Waals surface area contributed by atoms with Gasteiger partial charge in [-0.1, -0.05) is 25.1 Å². The van der Waals surface area contributed by atoms with Gasteiger partial charge in [0, 0.05) is 6.04 Å². The first-order valence-corrected chi connectivity index (χ1v) is 4.72. The number of ether oxygens (including phenoxy) is 1. The third-order valence-electron chi connectivity index (χ3n) is 2.10. The van der Waals surface area contributed by atoms with E-state index in [1.54, 1.807) is 0 Å². The maximum Gasteiger partial charge on any atom is 0.119 e. The van der Waals surface area contributed by atoms with Gasteiger partial charge in [0.05, 0.1) is 0 Å². The topological polar surface area (TPSA) is 21.3 Å². The second-order valence-electron chi connectivity index (χ2n) is 3.02. The summed E-state index contributed by atoms with van der Waals surface area (Å²) in [6.45, 7) is 2.88. The minimum absolute atomic E-state index is 0.445. The first-order chi connectivity index (χ1) is 6.36. The van der Waals surface area contributed by atoms with Gasteiger partial charge in [-0.05, 0) is 25.6 Å². The number of hydrogen-bond donors (Lipinski definition) is 1. The van der Waals surface area contributed by atoms with E-state index in [0.29, 0.717) is 6.04 Å². The van der Waals surface area contributed by atoms with E-state index < -0.39 is 0 Å². The van der Waals surface area contributed by atoms with Gasteiger partial charge in [0.1, 0.15) is 12.4 Å². The van der Waals surface area contributed by atoms with E-state index in [1.165, 1.54) is 0 Å². The zero-order valence-electron chi connectivity index (χ0n) is 8.29. The molecule has 0 fully saturated rings. The highest BCUT2D eigenvalue weighted by Gasteiger charge is 2.02. The van der Waals surface area contributed by atoms with Crippen molar-refractivity contribution >= 4 is 0 Å². The number of nitrogens with one attached hydrogen (secondary N) is 1. The van der Waals surface area contributed by atoms with Crippen LogP contribution < -0.4 is 10.1 Å². The van der Waals surface area contributed by atoms with E-state index in [4.69, 9.17) is 4.74 Å². The number of benzene rings is 1. The Morgan fingerprint density at radius 3 is 2.54 bits per heavy atom. The van der Waals surface area contributed by atoms with Crippen molar-refractivity contribution in [2.75, 3.05) is 13.7 Å². The molecule has 0 spiro atoms. The molecule has 72 valence electrons. The van der Waals surface area contributed by atoms with E-state index >= 15 is 0 Å². The molecule has 0 aliphatic carbocycles. The molecule has 0 saturated heterocycles. The third kappa shape index (κ3) is 3.47. The molecule has 0 aliphatic rings. The maximum atomic E-state index is 5.59. The summed E-state index contributed by atoms with van der Waals surface area (Å²) in [5, 5.41) is 3.20. The summed E-state index contributed by atoms with van der Waals surface area (Å²) in [5.74, 6) is 0.941. The Labute approximate surface area is 79.9 Å². The van der Waals surface area contributed by atoms with Crippen LogP contribution in [0.25, 0.3) is 0 Å². The zero-order valence-corrected chi connectivity index (χ0v) is 8.29. The monoisotopic (exact) mass is 179 g/mol. The van der Waals surface area contributed by atoms with Crippen molar-refractivity contribution in [3.05, 3.63) is 30.3 Å². The fourth-order valence-corrected chi connectivity index (χ4v) is 1.12. The molecule has 0 saturated carbocycles. The molecule has 13 heavy (non-hydrogen) atoms. The summed E-state index contributed by atoms with van der Waals surface area (Å²) in [5.41, 5.74) is 0. The predicted molar refractivity (Wildman–Crippen MR) is 55.1 cm³/mol. The van der Waals surface area contributed by atoms with Crippen LogP contribution >= 0.6 is 0 Å². The van der Waals surface area contributed by atoms with Crippen LogP contribution in [0, 0.1) is 0 Å². The SMILES string of the molecule is CCC(COc1ccccc1)NC. The van der Waals surface area contributed by atoms with Crippen molar-refractivity contribution in [1.29, 1.82) is 0 Å². The van der Waals surface area contributed by atoms with Gasteiger partial charge in [0.2, 0.25) is 0 Å². The van der Waals surface area contributed by atoms with E-state index in [0.717, 1.165) is 18.8 Å². The summed E-state index contributed by atoms with van der Waals surface area (Å²) < 4.78 is 5.59. The molecule has 0 radical (unpaired) electrons. The summed E-state index contributed by atoms with van der Waals surface area (Å²) >= 11 is 0. The first kappa shape index (κ1) is 10.1. The molecular weight excluding hydrogens is 162 g/mol. The smallest absolute Gasteiger partial charge is 0.119 e. The highest BCUT2D eigenvalue weighted by atomic mass is 16.5. The fourth-order valence-electron chi connectivity index (χ4n) is 1.12. The molecule has 0 aliphatic heterocycles. The number of likely N-dealkylation sites (N-methyl/N-ethyl adjacent to an activating group) is 1. The lowest BCUT2D eigenvalue weighted by Gasteiger charge is -2.14. The first-order valence-electron chi connectivity index (χ1n) is 4.72. The molecule has 0 aromatic heterocycles. The molecule has 0 bridgehead atoms. The normalized spacial score (nSPS) is 12.5. The number of rotatable bonds is 5. The van der Waals surface area contributed by atoms with Crippen LogP contribution in [-0.4, -0.2) is 19.7 Å². The standard InChI is InChI=1S/C11H17NO/c1-3-10(12-2)9-13-11-7-5-4-6-8-11/h4-8,10,12H,3,9H2,1-2H3. The van der Waals surface area contributed by atoms with Crippen molar-refractivity contribution in [2.24, 2.45) is 0 Å². The van der Waals surface area contributed by atoms with Crippen LogP contribution in [0.15, 0.2) is 30.3 Å². The van der Waals surface area contributed by atoms with E-state index in [-0.39, 0.29) is 0 Å². The van der Waals surface area contributed by atoms with Crippen LogP contribution in [0.2, 0.25) is 0 Å². The molecule has 2 nitrogen and oxygen atoms in total. The molecule has 0 heterocycles. The maximum absolute atomic E-state index is 5.59. The minimum atomic E-state index is 0.445. The highest BCUT2D eigenvalue weighted by Crippen LogP contribution is 2.08. The molecule has 1 atom stereocenters. The van der Waals surface area contributed by atoms with Gasteiger partial charge in [-0.25, -0.2) is 0 Å². The van der Waals surface area contributed by atoms with Gasteiger partial charge >= 0.3 is 0 Å². The average molecular weight is 179 g/mol. The fraction of sp³-hybridized carbons (Fsp3) is 0.455. The lowest BCUT2D eigenvalue weighted by molar-refractivity contribution is 0.267. The molecular formula is C11H17NO. The largest absolute Gasteiger partial charge is 0.492 e. The zero-order chi connectivity index (χ0) is 9.52. The molecule has 1 aromatic rings. The van der Waals surface area contributed by atoms with Gasteiger partial charge in [-0.15, -0.1) is 0 Å². The van der Waals surface area contributed by atoms with E-state index in [2.05, 4.69) is 12.2 Å². The lowest BCUT2D eigenvalue weighted by Crippen LogP contribution is -2.30. The molecule has 1 aromatic carbocycles. The van der Waals surface area contributed by atoms with Crippen LogP contribution in [0.5, 0.6) is 5.75 Å². The summed E-state index contributed by atoms with van der Waals surface area (Å²) in [6, 6.07) is 10.3. The van der Waals surface area contributed by atoms with Crippen molar-refractivity contribution in [2.45, 2.75) is 19.4 Å². The van der Waals surface area contributed by atoms with Crippen molar-refractivity contribution in [3.8, 4) is 5.75 Å². The quantitative estimate of drug-likeness (QED) is 0.747. The summed E-state index contributed by atoms with van der Waals surface area (Å²) in [7, 11) is 1.96. The van der Waals surface area contributed by atoms with Gasteiger partial charge in [-0.3, -0.25) is 0 Å². The number of hydrogen-bond acceptors (Lipinski definition) is 2. The van der Waals surface area contributed by atoms with Gasteiger partial charge in [-0.2, -0.15) is 0 Å². The summed E-state index contributed by atoms with van der Waals surface area (Å²) in [4.78, 5) is 0. The van der Waals surface area contributed by atoms with Crippen LogP contribution in [0.4, 0.5) is 0 Å². The average Bonchev–Trinajstić information content (AvgIpc) is 2.21. The van der Waals surface area contributed by atoms with Crippen LogP contribution in [0.3, 0.4) is 0 Å². The highest BCUT2D eigenvalue weighted by molar-refractivity contribution is 5.20. The number of para-hydroxylation sites is 1. The van der Waals surface area contributed by atoms with Crippen LogP contribution in [-0.2, 0) is 0 Å². The Bertz CT molecular complexity index is 219. The molecule has 2 heteroatoms. The minimum Gasteiger partial charge on any atom is -0.492 e. The Kier molecular flexibility index (Phi) is 4.33. The van der Waals surface area contributed by atoms with Crippen molar-refractivity contribution < 1.29 is 4.74 Å². The van der Waals surface area contributed by atoms with Gasteiger partial charge in [0.15, 0.2) is 0 Å². The van der Waals surface area contributed by atoms with Crippen molar-refractivity contribution in [1.82, 2.24) is 5.32 Å². The molecule has 1 unspecified atom stereocenters. The van der Waals surface area contributed by atoms with Crippen molar-refractivity contribution in [3.63, 3.8) is 0 Å². The Balaban J connectivity index is 2.34. The van der Waals surface area contributed by atoms with E-state index in [1.807, 2.05) is 37.4 Å². The molecule has 1 rings (SSSR count). The lowest BCUT2D eigenvalue weighted by atomic mass is 10.2. The molecule has 0 amide bonds. The Morgan fingerprint density at radius 2 is 2.00 bits per heavy atom. The van der Waals surface area contributed by atoms with Gasteiger partial charge < -0.3 is 10.1 Å². The third-order valence-corrected chi connectivity index (χ3v) is 2.10. The predicted octanol–water partition coefficient (Wildman–Crippen LogP) is 2.06. The Morgan fingerprint density at radius 1 is 1.31 bits per heavy atom. The Hall–Kier alpha value is -1.02. The van der Waals surface area contributed by atoms with Crippen LogP contribution in [0.1, 0.15) is 13.3 Å². The second-order valence-corrected chi connectivity index (χ2v) is 3.02. The van der Waals surface area contributed by atoms with Gasteiger partial charge in [0.25, 0.3) is 0 Å².